The van der Waals surface area contributed by atoms with Gasteiger partial charge in [0.05, 0.1) is 28.9 Å². The third-order valence-corrected chi connectivity index (χ3v) is 7.13. The molecule has 6 aromatic rings. The van der Waals surface area contributed by atoms with Gasteiger partial charge in [-0.05, 0) is 59.5 Å². The lowest BCUT2D eigenvalue weighted by Gasteiger charge is -2.13. The summed E-state index contributed by atoms with van der Waals surface area (Å²) < 4.78 is 29.3. The second-order valence-electron chi connectivity index (χ2n) is 8.78. The third-order valence-electron chi connectivity index (χ3n) is 6.19. The Kier molecular flexibility index (Phi) is 6.29. The maximum atomic E-state index is 14.2. The van der Waals surface area contributed by atoms with Crippen molar-refractivity contribution < 1.29 is 13.6 Å². The number of nitrogens with one attached hydrogen (secondary N) is 1. The minimum Gasteiger partial charge on any atom is -0.369 e. The number of aromatic nitrogens is 4. The molecule has 0 aliphatic carbocycles. The maximum Gasteiger partial charge on any atom is 0.230 e. The molecule has 10 heteroatoms. The molecule has 39 heavy (non-hydrogen) atoms. The molecule has 0 radical (unpaired) electrons. The first-order chi connectivity index (χ1) is 19.0. The van der Waals surface area contributed by atoms with Gasteiger partial charge >= 0.3 is 0 Å². The van der Waals surface area contributed by atoms with Crippen molar-refractivity contribution in [3.8, 4) is 22.5 Å². The minimum absolute atomic E-state index is 0.255. The van der Waals surface area contributed by atoms with Crippen LogP contribution in [0.1, 0.15) is 16.4 Å². The van der Waals surface area contributed by atoms with E-state index in [1.165, 1.54) is 40.2 Å². The zero-order valence-corrected chi connectivity index (χ0v) is 21.1. The monoisotopic (exact) mass is 538 g/mol. The fourth-order valence-electron chi connectivity index (χ4n) is 4.52. The predicted octanol–water partition coefficient (Wildman–Crippen LogP) is 6.16. The first-order valence-corrected chi connectivity index (χ1v) is 12.8. The number of nitrogens with zero attached hydrogens (tertiary/aromatic N) is 4. The number of carbonyl (C=O) groups excluding carboxylic acids is 1. The van der Waals surface area contributed by atoms with Crippen LogP contribution in [-0.2, 0) is 4.79 Å². The second-order valence-corrected chi connectivity index (χ2v) is 9.76. The summed E-state index contributed by atoms with van der Waals surface area (Å²) in [4.78, 5) is 22.2. The number of hydrogen-bond donors (Lipinski definition) is 2. The lowest BCUT2D eigenvalue weighted by atomic mass is 9.93. The standard InChI is InChI=1S/C29H20F2N6OS/c30-19-6-2-7-21(15-19)34-29-33-12-11-22(35-29)26-23-10-9-20(31)16-37(23)36-27(26)18-5-1-4-17(14-18)25(28(32)38)24-8-3-13-39-24/h1-16,25H,(H2,32,38)(H,33,34,35). The third kappa shape index (κ3) is 4.85. The molecule has 1 unspecified atom stereocenters. The first-order valence-electron chi connectivity index (χ1n) is 11.9. The van der Waals surface area contributed by atoms with E-state index in [1.807, 2.05) is 41.8 Å². The van der Waals surface area contributed by atoms with Gasteiger partial charge in [0.1, 0.15) is 17.3 Å². The SMILES string of the molecule is NC(=O)C(c1cccc(-c2nn3cc(F)ccc3c2-c2ccnc(Nc3cccc(F)c3)n2)c1)c1cccs1. The number of thiophene rings is 1. The molecule has 2 aromatic carbocycles. The Morgan fingerprint density at radius 2 is 1.85 bits per heavy atom. The Morgan fingerprint density at radius 3 is 2.64 bits per heavy atom. The lowest BCUT2D eigenvalue weighted by Crippen LogP contribution is -2.21. The van der Waals surface area contributed by atoms with E-state index < -0.39 is 17.6 Å². The Bertz CT molecular complexity index is 1820. The molecule has 0 fully saturated rings. The lowest BCUT2D eigenvalue weighted by molar-refractivity contribution is -0.118. The average molecular weight is 539 g/mol. The van der Waals surface area contributed by atoms with Gasteiger partial charge < -0.3 is 11.1 Å². The Balaban J connectivity index is 1.49. The maximum absolute atomic E-state index is 14.2. The highest BCUT2D eigenvalue weighted by Gasteiger charge is 2.24. The fraction of sp³-hybridized carbons (Fsp3) is 0.0345. The predicted molar refractivity (Wildman–Crippen MR) is 147 cm³/mol. The quantitative estimate of drug-likeness (QED) is 0.254. The van der Waals surface area contributed by atoms with Crippen LogP contribution in [0, 0.1) is 11.6 Å². The van der Waals surface area contributed by atoms with Crippen LogP contribution >= 0.6 is 11.3 Å². The molecular formula is C29H20F2N6OS. The zero-order valence-electron chi connectivity index (χ0n) is 20.3. The number of anilines is 2. The molecule has 3 N–H and O–H groups in total. The van der Waals surface area contributed by atoms with Crippen LogP contribution in [0.3, 0.4) is 0 Å². The number of halogens is 2. The Morgan fingerprint density at radius 1 is 0.974 bits per heavy atom. The van der Waals surface area contributed by atoms with Gasteiger partial charge in [-0.2, -0.15) is 5.10 Å². The summed E-state index contributed by atoms with van der Waals surface area (Å²) >= 11 is 1.45. The molecular weight excluding hydrogens is 518 g/mol. The fourth-order valence-corrected chi connectivity index (χ4v) is 5.38. The zero-order chi connectivity index (χ0) is 26.9. The molecule has 192 valence electrons. The van der Waals surface area contributed by atoms with E-state index in [0.717, 1.165) is 4.88 Å². The van der Waals surface area contributed by atoms with E-state index >= 15 is 0 Å². The molecule has 0 saturated carbocycles. The van der Waals surface area contributed by atoms with E-state index in [-0.39, 0.29) is 11.8 Å². The van der Waals surface area contributed by atoms with Crippen LogP contribution in [0.2, 0.25) is 0 Å². The number of rotatable bonds is 7. The molecule has 1 atom stereocenters. The highest BCUT2D eigenvalue weighted by molar-refractivity contribution is 7.10. The number of primary amides is 1. The van der Waals surface area contributed by atoms with Gasteiger partial charge in [0.25, 0.3) is 0 Å². The number of amides is 1. The van der Waals surface area contributed by atoms with E-state index in [0.29, 0.717) is 39.3 Å². The minimum atomic E-state index is -0.621. The summed E-state index contributed by atoms with van der Waals surface area (Å²) in [6.45, 7) is 0. The van der Waals surface area contributed by atoms with E-state index in [9.17, 15) is 13.6 Å². The molecule has 6 rings (SSSR count). The smallest absolute Gasteiger partial charge is 0.230 e. The number of nitrogens with two attached hydrogens (primary N) is 1. The highest BCUT2D eigenvalue weighted by atomic mass is 32.1. The molecule has 7 nitrogen and oxygen atoms in total. The highest BCUT2D eigenvalue weighted by Crippen LogP contribution is 2.37. The molecule has 0 spiro atoms. The summed E-state index contributed by atoms with van der Waals surface area (Å²) in [5.41, 5.74) is 10.0. The van der Waals surface area contributed by atoms with E-state index in [2.05, 4.69) is 20.4 Å². The van der Waals surface area contributed by atoms with E-state index in [4.69, 9.17) is 5.73 Å². The van der Waals surface area contributed by atoms with Crippen LogP contribution in [0.25, 0.3) is 28.0 Å². The second kappa shape index (κ2) is 10.1. The van der Waals surface area contributed by atoms with Crippen molar-refractivity contribution in [1.29, 1.82) is 0 Å². The van der Waals surface area contributed by atoms with Gasteiger partial charge in [0.2, 0.25) is 11.9 Å². The van der Waals surface area contributed by atoms with Gasteiger partial charge in [0, 0.05) is 22.3 Å². The van der Waals surface area contributed by atoms with Gasteiger partial charge in [-0.3, -0.25) is 4.79 Å². The number of pyridine rings is 1. The average Bonchev–Trinajstić information content (AvgIpc) is 3.57. The number of hydrogen-bond acceptors (Lipinski definition) is 6. The Hall–Kier alpha value is -4.96. The van der Waals surface area contributed by atoms with Crippen LogP contribution in [-0.4, -0.2) is 25.5 Å². The Labute approximate surface area is 225 Å². The van der Waals surface area contributed by atoms with Crippen molar-refractivity contribution in [2.45, 2.75) is 5.92 Å². The molecule has 0 aliphatic rings. The molecule has 0 aliphatic heterocycles. The number of fused-ring (bicyclic) bond motifs is 1. The van der Waals surface area contributed by atoms with Crippen molar-refractivity contribution in [3.05, 3.63) is 119 Å². The van der Waals surface area contributed by atoms with Gasteiger partial charge in [-0.25, -0.2) is 23.3 Å². The van der Waals surface area contributed by atoms with Crippen molar-refractivity contribution in [2.24, 2.45) is 5.73 Å². The summed E-state index contributed by atoms with van der Waals surface area (Å²) in [5.74, 6) is -1.66. The van der Waals surface area contributed by atoms with Crippen LogP contribution in [0.4, 0.5) is 20.4 Å². The van der Waals surface area contributed by atoms with Crippen LogP contribution in [0.5, 0.6) is 0 Å². The first kappa shape index (κ1) is 24.4. The van der Waals surface area contributed by atoms with E-state index in [1.54, 1.807) is 30.5 Å². The molecule has 4 aromatic heterocycles. The largest absolute Gasteiger partial charge is 0.369 e. The summed E-state index contributed by atoms with van der Waals surface area (Å²) in [6.07, 6.45) is 2.87. The summed E-state index contributed by atoms with van der Waals surface area (Å²) in [5, 5.41) is 9.60. The summed E-state index contributed by atoms with van der Waals surface area (Å²) in [7, 11) is 0. The number of carbonyl (C=O) groups is 1. The molecule has 0 bridgehead atoms. The van der Waals surface area contributed by atoms with Crippen molar-refractivity contribution in [2.75, 3.05) is 5.32 Å². The van der Waals surface area contributed by atoms with Crippen LogP contribution < -0.4 is 11.1 Å². The van der Waals surface area contributed by atoms with Crippen molar-refractivity contribution >= 4 is 34.4 Å². The molecule has 1 amide bonds. The summed E-state index contributed by atoms with van der Waals surface area (Å²) in [6, 6.07) is 21.8. The molecule has 0 saturated heterocycles. The van der Waals surface area contributed by atoms with Crippen molar-refractivity contribution in [3.63, 3.8) is 0 Å². The van der Waals surface area contributed by atoms with Gasteiger partial charge in [0.15, 0.2) is 0 Å². The van der Waals surface area contributed by atoms with Gasteiger partial charge in [-0.1, -0.05) is 30.3 Å². The number of benzene rings is 2. The topological polar surface area (TPSA) is 98.2 Å². The van der Waals surface area contributed by atoms with Crippen LogP contribution in [0.15, 0.2) is 96.6 Å². The normalized spacial score (nSPS) is 11.9. The van der Waals surface area contributed by atoms with Crippen molar-refractivity contribution in [1.82, 2.24) is 19.6 Å². The van der Waals surface area contributed by atoms with Gasteiger partial charge in [-0.15, -0.1) is 11.3 Å². The molecule has 4 heterocycles.